The van der Waals surface area contributed by atoms with Crippen LogP contribution in [0.15, 0.2) is 59.5 Å². The Morgan fingerprint density at radius 3 is 2.44 bits per heavy atom. The standard InChI is InChI=1S/C18H20N2O4S/c1-24-16-9-7-15(8-10-16)20-13-14(11-18(20)21)12-19-25(22,23)17-5-3-2-4-6-17/h2-10,14,19H,11-13H2,1H3/t14-/m0/s1. The molecule has 1 fully saturated rings. The van der Waals surface area contributed by atoms with Gasteiger partial charge in [0.15, 0.2) is 0 Å². The third-order valence-corrected chi connectivity index (χ3v) is 5.64. The summed E-state index contributed by atoms with van der Waals surface area (Å²) < 4.78 is 32.3. The molecule has 132 valence electrons. The summed E-state index contributed by atoms with van der Waals surface area (Å²) in [5.74, 6) is 0.657. The molecule has 1 atom stereocenters. The van der Waals surface area contributed by atoms with Crippen LogP contribution in [0.4, 0.5) is 5.69 Å². The van der Waals surface area contributed by atoms with Crippen LogP contribution in [-0.2, 0) is 14.8 Å². The second-order valence-electron chi connectivity index (χ2n) is 5.94. The predicted molar refractivity (Wildman–Crippen MR) is 95.1 cm³/mol. The lowest BCUT2D eigenvalue weighted by molar-refractivity contribution is -0.117. The van der Waals surface area contributed by atoms with Crippen molar-refractivity contribution in [1.82, 2.24) is 4.72 Å². The van der Waals surface area contributed by atoms with Gasteiger partial charge in [-0.2, -0.15) is 0 Å². The molecule has 1 heterocycles. The Balaban J connectivity index is 1.63. The normalized spacial score (nSPS) is 17.7. The summed E-state index contributed by atoms with van der Waals surface area (Å²) in [5.41, 5.74) is 0.791. The summed E-state index contributed by atoms with van der Waals surface area (Å²) >= 11 is 0. The lowest BCUT2D eigenvalue weighted by atomic mass is 10.1. The number of amides is 1. The lowest BCUT2D eigenvalue weighted by Crippen LogP contribution is -2.31. The van der Waals surface area contributed by atoms with Gasteiger partial charge in [0.1, 0.15) is 5.75 Å². The van der Waals surface area contributed by atoms with Crippen LogP contribution in [0.1, 0.15) is 6.42 Å². The van der Waals surface area contributed by atoms with Gasteiger partial charge in [-0.25, -0.2) is 13.1 Å². The average molecular weight is 360 g/mol. The number of methoxy groups -OCH3 is 1. The van der Waals surface area contributed by atoms with Crippen LogP contribution in [0.25, 0.3) is 0 Å². The quantitative estimate of drug-likeness (QED) is 0.855. The number of anilines is 1. The van der Waals surface area contributed by atoms with E-state index in [1.165, 1.54) is 0 Å². The zero-order valence-corrected chi connectivity index (χ0v) is 14.7. The van der Waals surface area contributed by atoms with E-state index in [1.54, 1.807) is 54.5 Å². The van der Waals surface area contributed by atoms with Gasteiger partial charge in [0.2, 0.25) is 15.9 Å². The maximum Gasteiger partial charge on any atom is 0.240 e. The van der Waals surface area contributed by atoms with Gasteiger partial charge in [0.25, 0.3) is 0 Å². The molecular formula is C18H20N2O4S. The minimum atomic E-state index is -3.55. The first-order chi connectivity index (χ1) is 12.0. The Hall–Kier alpha value is -2.38. The monoisotopic (exact) mass is 360 g/mol. The number of hydrogen-bond acceptors (Lipinski definition) is 4. The minimum absolute atomic E-state index is 0.00549. The second-order valence-corrected chi connectivity index (χ2v) is 7.70. The van der Waals surface area contributed by atoms with Crippen LogP contribution in [0, 0.1) is 5.92 Å². The number of benzene rings is 2. The molecule has 0 aliphatic carbocycles. The van der Waals surface area contributed by atoms with Gasteiger partial charge in [0.05, 0.1) is 12.0 Å². The maximum absolute atomic E-state index is 12.3. The predicted octanol–water partition coefficient (Wildman–Crippen LogP) is 2.03. The Morgan fingerprint density at radius 1 is 1.12 bits per heavy atom. The lowest BCUT2D eigenvalue weighted by Gasteiger charge is -2.17. The van der Waals surface area contributed by atoms with E-state index in [2.05, 4.69) is 4.72 Å². The molecule has 1 saturated heterocycles. The van der Waals surface area contributed by atoms with Gasteiger partial charge >= 0.3 is 0 Å². The molecule has 0 unspecified atom stereocenters. The Bertz CT molecular complexity index is 835. The molecule has 3 rings (SSSR count). The van der Waals surface area contributed by atoms with E-state index >= 15 is 0 Å². The van der Waals surface area contributed by atoms with Gasteiger partial charge in [0, 0.05) is 25.2 Å². The van der Waals surface area contributed by atoms with Gasteiger partial charge in [-0.3, -0.25) is 4.79 Å². The molecule has 1 N–H and O–H groups in total. The van der Waals surface area contributed by atoms with Crippen molar-refractivity contribution >= 4 is 21.6 Å². The smallest absolute Gasteiger partial charge is 0.240 e. The van der Waals surface area contributed by atoms with E-state index in [0.29, 0.717) is 13.0 Å². The van der Waals surface area contributed by atoms with Crippen molar-refractivity contribution in [3.8, 4) is 5.75 Å². The fraction of sp³-hybridized carbons (Fsp3) is 0.278. The molecule has 1 aliphatic heterocycles. The number of nitrogens with one attached hydrogen (secondary N) is 1. The van der Waals surface area contributed by atoms with Crippen molar-refractivity contribution in [3.05, 3.63) is 54.6 Å². The molecule has 7 heteroatoms. The highest BCUT2D eigenvalue weighted by molar-refractivity contribution is 7.89. The minimum Gasteiger partial charge on any atom is -0.497 e. The third kappa shape index (κ3) is 4.00. The first kappa shape index (κ1) is 17.4. The molecule has 6 nitrogen and oxygen atoms in total. The molecule has 25 heavy (non-hydrogen) atoms. The average Bonchev–Trinajstić information content (AvgIpc) is 3.02. The maximum atomic E-state index is 12.3. The van der Waals surface area contributed by atoms with E-state index in [4.69, 9.17) is 4.74 Å². The summed E-state index contributed by atoms with van der Waals surface area (Å²) in [6, 6.07) is 15.5. The van der Waals surface area contributed by atoms with Crippen LogP contribution < -0.4 is 14.4 Å². The summed E-state index contributed by atoms with van der Waals surface area (Å²) in [5, 5.41) is 0. The topological polar surface area (TPSA) is 75.7 Å². The zero-order chi connectivity index (χ0) is 17.9. The second kappa shape index (κ2) is 7.25. The highest BCUT2D eigenvalue weighted by Crippen LogP contribution is 2.26. The number of carbonyl (C=O) groups excluding carboxylic acids is 1. The van der Waals surface area contributed by atoms with Gasteiger partial charge in [-0.05, 0) is 42.3 Å². The third-order valence-electron chi connectivity index (χ3n) is 4.20. The van der Waals surface area contributed by atoms with Gasteiger partial charge < -0.3 is 9.64 Å². The largest absolute Gasteiger partial charge is 0.497 e. The molecule has 0 bridgehead atoms. The molecule has 0 radical (unpaired) electrons. The van der Waals surface area contributed by atoms with Crippen LogP contribution in [-0.4, -0.2) is 34.5 Å². The van der Waals surface area contributed by atoms with Crippen LogP contribution >= 0.6 is 0 Å². The van der Waals surface area contributed by atoms with E-state index < -0.39 is 10.0 Å². The summed E-state index contributed by atoms with van der Waals surface area (Å²) in [4.78, 5) is 14.2. The van der Waals surface area contributed by atoms with Crippen molar-refractivity contribution in [2.24, 2.45) is 5.92 Å². The summed E-state index contributed by atoms with van der Waals surface area (Å²) in [6.07, 6.45) is 0.323. The number of rotatable bonds is 6. The number of nitrogens with zero attached hydrogens (tertiary/aromatic N) is 1. The van der Waals surface area contributed by atoms with Gasteiger partial charge in [-0.1, -0.05) is 18.2 Å². The number of carbonyl (C=O) groups is 1. The summed E-state index contributed by atoms with van der Waals surface area (Å²) in [7, 11) is -1.96. The molecule has 0 spiro atoms. The molecular weight excluding hydrogens is 340 g/mol. The molecule has 2 aromatic rings. The SMILES string of the molecule is COc1ccc(N2C[C@H](CNS(=O)(=O)c3ccccc3)CC2=O)cc1. The fourth-order valence-electron chi connectivity index (χ4n) is 2.84. The first-order valence-corrected chi connectivity index (χ1v) is 9.47. The zero-order valence-electron chi connectivity index (χ0n) is 13.9. The number of hydrogen-bond donors (Lipinski definition) is 1. The molecule has 2 aromatic carbocycles. The molecule has 1 amide bonds. The van der Waals surface area contributed by atoms with Crippen molar-refractivity contribution in [3.63, 3.8) is 0 Å². The Labute approximate surface area is 147 Å². The Kier molecular flexibility index (Phi) is 5.06. The highest BCUT2D eigenvalue weighted by atomic mass is 32.2. The van der Waals surface area contributed by atoms with E-state index in [1.807, 2.05) is 12.1 Å². The highest BCUT2D eigenvalue weighted by Gasteiger charge is 2.31. The van der Waals surface area contributed by atoms with Crippen LogP contribution in [0.2, 0.25) is 0 Å². The van der Waals surface area contributed by atoms with Crippen molar-refractivity contribution < 1.29 is 17.9 Å². The molecule has 0 saturated carbocycles. The van der Waals surface area contributed by atoms with Crippen LogP contribution in [0.3, 0.4) is 0 Å². The first-order valence-electron chi connectivity index (χ1n) is 7.99. The number of ether oxygens (including phenoxy) is 1. The number of sulfonamides is 1. The van der Waals surface area contributed by atoms with E-state index in [0.717, 1.165) is 11.4 Å². The van der Waals surface area contributed by atoms with E-state index in [-0.39, 0.29) is 23.3 Å². The summed E-state index contributed by atoms with van der Waals surface area (Å²) in [6.45, 7) is 0.720. The Morgan fingerprint density at radius 2 is 1.80 bits per heavy atom. The molecule has 0 aromatic heterocycles. The fourth-order valence-corrected chi connectivity index (χ4v) is 3.98. The van der Waals surface area contributed by atoms with Gasteiger partial charge in [-0.15, -0.1) is 0 Å². The van der Waals surface area contributed by atoms with Crippen molar-refractivity contribution in [1.29, 1.82) is 0 Å². The molecule has 1 aliphatic rings. The van der Waals surface area contributed by atoms with Crippen molar-refractivity contribution in [2.45, 2.75) is 11.3 Å². The van der Waals surface area contributed by atoms with Crippen LogP contribution in [0.5, 0.6) is 5.75 Å². The van der Waals surface area contributed by atoms with E-state index in [9.17, 15) is 13.2 Å². The van der Waals surface area contributed by atoms with Crippen molar-refractivity contribution in [2.75, 3.05) is 25.1 Å².